The molecule has 1 amide bonds. The minimum atomic E-state index is -0.713. The van der Waals surface area contributed by atoms with E-state index in [9.17, 15) is 9.59 Å². The lowest BCUT2D eigenvalue weighted by Crippen LogP contribution is -2.14. The quantitative estimate of drug-likeness (QED) is 0.271. The van der Waals surface area contributed by atoms with Gasteiger partial charge in [0.15, 0.2) is 16.7 Å². The Balaban J connectivity index is 1.60. The highest BCUT2D eigenvalue weighted by Crippen LogP contribution is 2.38. The molecule has 6 nitrogen and oxygen atoms in total. The van der Waals surface area contributed by atoms with E-state index in [1.165, 1.54) is 31.6 Å². The van der Waals surface area contributed by atoms with Crippen molar-refractivity contribution in [3.05, 3.63) is 92.4 Å². The minimum Gasteiger partial charge on any atom is -0.496 e. The number of halogens is 3. The van der Waals surface area contributed by atoms with E-state index >= 15 is 4.39 Å². The zero-order chi connectivity index (χ0) is 25.1. The van der Waals surface area contributed by atoms with Crippen molar-refractivity contribution in [2.45, 2.75) is 13.3 Å². The van der Waals surface area contributed by atoms with Crippen LogP contribution >= 0.6 is 34.5 Å². The summed E-state index contributed by atoms with van der Waals surface area (Å²) in [6.45, 7) is 1.72. The monoisotopic (exact) mass is 529 g/mol. The molecule has 0 fully saturated rings. The summed E-state index contributed by atoms with van der Waals surface area (Å²) in [5, 5.41) is 3.37. The van der Waals surface area contributed by atoms with Crippen LogP contribution in [0.1, 0.15) is 31.3 Å². The number of benzene rings is 2. The molecule has 2 aromatic heterocycles. The molecular weight excluding hydrogens is 512 g/mol. The van der Waals surface area contributed by atoms with Crippen LogP contribution in [0.3, 0.4) is 0 Å². The van der Waals surface area contributed by atoms with Gasteiger partial charge in [-0.3, -0.25) is 19.9 Å². The highest BCUT2D eigenvalue weighted by atomic mass is 35.5. The lowest BCUT2D eigenvalue weighted by molar-refractivity contribution is 0.0994. The van der Waals surface area contributed by atoms with E-state index in [0.717, 1.165) is 16.9 Å². The van der Waals surface area contributed by atoms with Gasteiger partial charge in [-0.2, -0.15) is 0 Å². The molecule has 178 valence electrons. The number of methoxy groups -OCH3 is 1. The minimum absolute atomic E-state index is 0.0496. The topological polar surface area (TPSA) is 81.2 Å². The first-order valence-corrected chi connectivity index (χ1v) is 11.9. The molecule has 10 heteroatoms. The van der Waals surface area contributed by atoms with Gasteiger partial charge >= 0.3 is 0 Å². The zero-order valence-electron chi connectivity index (χ0n) is 18.6. The maximum atomic E-state index is 15.0. The number of hydrogen-bond donors (Lipinski definition) is 1. The first-order chi connectivity index (χ1) is 16.8. The Labute approximate surface area is 214 Å². The van der Waals surface area contributed by atoms with E-state index in [4.69, 9.17) is 27.9 Å². The summed E-state index contributed by atoms with van der Waals surface area (Å²) in [6, 6.07) is 11.5. The number of thiazole rings is 1. The van der Waals surface area contributed by atoms with Crippen LogP contribution in [0.5, 0.6) is 5.75 Å². The second-order valence-electron chi connectivity index (χ2n) is 7.52. The molecule has 2 heterocycles. The molecule has 4 aromatic rings. The van der Waals surface area contributed by atoms with Crippen LogP contribution in [0.4, 0.5) is 9.52 Å². The molecule has 0 unspecified atom stereocenters. The van der Waals surface area contributed by atoms with E-state index in [2.05, 4.69) is 15.3 Å². The molecule has 4 rings (SSSR count). The highest BCUT2D eigenvalue weighted by Gasteiger charge is 2.23. The summed E-state index contributed by atoms with van der Waals surface area (Å²) < 4.78 is 20.3. The summed E-state index contributed by atoms with van der Waals surface area (Å²) in [4.78, 5) is 34.5. The van der Waals surface area contributed by atoms with Gasteiger partial charge in [-0.05, 0) is 42.8 Å². The smallest absolute Gasteiger partial charge is 0.259 e. The predicted molar refractivity (Wildman–Crippen MR) is 135 cm³/mol. The number of ether oxygens (including phenoxy) is 1. The number of nitrogens with zero attached hydrogens (tertiary/aromatic N) is 2. The SMILES string of the molecule is COc1ccc(Cl)c(F)c1-c1cc(C)ncc1C(=O)Nc1ncc(C(=O)Cc2ccc(Cl)cc2)s1. The third-order valence-electron chi connectivity index (χ3n) is 5.11. The number of aryl methyl sites for hydroxylation is 1. The Bertz CT molecular complexity index is 1420. The summed E-state index contributed by atoms with van der Waals surface area (Å²) in [6.07, 6.45) is 2.93. The molecule has 0 saturated heterocycles. The number of ketones is 1. The Morgan fingerprint density at radius 2 is 1.83 bits per heavy atom. The van der Waals surface area contributed by atoms with Crippen molar-refractivity contribution in [2.24, 2.45) is 0 Å². The first-order valence-electron chi connectivity index (χ1n) is 10.3. The van der Waals surface area contributed by atoms with Crippen LogP contribution in [-0.4, -0.2) is 28.8 Å². The van der Waals surface area contributed by atoms with Crippen molar-refractivity contribution < 1.29 is 18.7 Å². The van der Waals surface area contributed by atoms with Crippen LogP contribution in [0, 0.1) is 12.7 Å². The van der Waals surface area contributed by atoms with Crippen LogP contribution in [0.2, 0.25) is 10.0 Å². The van der Waals surface area contributed by atoms with Crippen LogP contribution in [-0.2, 0) is 6.42 Å². The van der Waals surface area contributed by atoms with E-state index in [1.54, 1.807) is 37.3 Å². The largest absolute Gasteiger partial charge is 0.496 e. The maximum absolute atomic E-state index is 15.0. The second kappa shape index (κ2) is 10.5. The summed E-state index contributed by atoms with van der Waals surface area (Å²) in [5.41, 5.74) is 1.80. The van der Waals surface area contributed by atoms with Crippen LogP contribution < -0.4 is 10.1 Å². The Morgan fingerprint density at radius 3 is 2.54 bits per heavy atom. The summed E-state index contributed by atoms with van der Waals surface area (Å²) >= 11 is 12.9. The van der Waals surface area contributed by atoms with Gasteiger partial charge in [-0.25, -0.2) is 9.37 Å². The molecule has 1 N–H and O–H groups in total. The van der Waals surface area contributed by atoms with Crippen molar-refractivity contribution in [2.75, 3.05) is 12.4 Å². The lowest BCUT2D eigenvalue weighted by Gasteiger charge is -2.14. The maximum Gasteiger partial charge on any atom is 0.259 e. The van der Waals surface area contributed by atoms with Gasteiger partial charge in [0.05, 0.1) is 34.3 Å². The van der Waals surface area contributed by atoms with Crippen molar-refractivity contribution in [1.29, 1.82) is 0 Å². The summed E-state index contributed by atoms with van der Waals surface area (Å²) in [5.74, 6) is -1.21. The van der Waals surface area contributed by atoms with Crippen molar-refractivity contribution in [3.8, 4) is 16.9 Å². The van der Waals surface area contributed by atoms with Crippen molar-refractivity contribution in [3.63, 3.8) is 0 Å². The number of carbonyl (C=O) groups is 2. The highest BCUT2D eigenvalue weighted by molar-refractivity contribution is 7.17. The van der Waals surface area contributed by atoms with Gasteiger partial charge < -0.3 is 4.74 Å². The van der Waals surface area contributed by atoms with Gasteiger partial charge in [0.2, 0.25) is 0 Å². The number of hydrogen-bond acceptors (Lipinski definition) is 6. The molecule has 0 saturated carbocycles. The molecule has 2 aromatic carbocycles. The first kappa shape index (κ1) is 24.8. The molecule has 0 aliphatic heterocycles. The van der Waals surface area contributed by atoms with Gasteiger partial charge in [0.25, 0.3) is 5.91 Å². The number of anilines is 1. The standard InChI is InChI=1S/C25H18Cl2FN3O3S/c1-13-9-16(22-20(34-2)8-7-18(27)23(22)28)17(11-29-13)24(33)31-25-30-12-21(35-25)19(32)10-14-3-5-15(26)6-4-14/h3-9,11-12H,10H2,1-2H3,(H,30,31,33). The number of Topliss-reactive ketones (excluding diaryl/α,β-unsaturated/α-hetero) is 1. The van der Waals surface area contributed by atoms with E-state index in [0.29, 0.717) is 15.6 Å². The molecule has 0 spiro atoms. The average Bonchev–Trinajstić information content (AvgIpc) is 3.30. The van der Waals surface area contributed by atoms with Gasteiger partial charge in [-0.1, -0.05) is 46.7 Å². The third kappa shape index (κ3) is 5.51. The Morgan fingerprint density at radius 1 is 1.09 bits per heavy atom. The van der Waals surface area contributed by atoms with Crippen molar-refractivity contribution in [1.82, 2.24) is 9.97 Å². The third-order valence-corrected chi connectivity index (χ3v) is 6.61. The molecule has 0 aliphatic rings. The van der Waals surface area contributed by atoms with Crippen LogP contribution in [0.25, 0.3) is 11.1 Å². The van der Waals surface area contributed by atoms with Gasteiger partial charge in [0, 0.05) is 28.9 Å². The number of pyridine rings is 1. The fraction of sp³-hybridized carbons (Fsp3) is 0.120. The molecule has 0 radical (unpaired) electrons. The van der Waals surface area contributed by atoms with E-state index in [1.807, 2.05) is 0 Å². The number of carbonyl (C=O) groups excluding carboxylic acids is 2. The fourth-order valence-electron chi connectivity index (χ4n) is 3.40. The molecule has 0 atom stereocenters. The molecule has 35 heavy (non-hydrogen) atoms. The van der Waals surface area contributed by atoms with Gasteiger partial charge in [-0.15, -0.1) is 0 Å². The van der Waals surface area contributed by atoms with Gasteiger partial charge in [0.1, 0.15) is 5.75 Å². The second-order valence-corrected chi connectivity index (χ2v) is 9.39. The normalized spacial score (nSPS) is 10.8. The van der Waals surface area contributed by atoms with E-state index < -0.39 is 11.7 Å². The number of amides is 1. The fourth-order valence-corrected chi connectivity index (χ4v) is 4.43. The van der Waals surface area contributed by atoms with Crippen molar-refractivity contribution >= 4 is 51.4 Å². The van der Waals surface area contributed by atoms with Crippen LogP contribution in [0.15, 0.2) is 54.9 Å². The molecular formula is C25H18Cl2FN3O3S. The average molecular weight is 530 g/mol. The Kier molecular flexibility index (Phi) is 7.45. The van der Waals surface area contributed by atoms with E-state index in [-0.39, 0.29) is 44.8 Å². The number of aromatic nitrogens is 2. The number of nitrogens with one attached hydrogen (secondary N) is 1. The molecule has 0 aliphatic carbocycles. The predicted octanol–water partition coefficient (Wildman–Crippen LogP) is 6.65. The summed E-state index contributed by atoms with van der Waals surface area (Å²) in [7, 11) is 1.40. The molecule has 0 bridgehead atoms. The number of rotatable bonds is 7. The lowest BCUT2D eigenvalue weighted by atomic mass is 9.98. The Hall–Kier alpha value is -3.33. The zero-order valence-corrected chi connectivity index (χ0v) is 20.9.